The molecule has 3 heteroatoms. The van der Waals surface area contributed by atoms with Gasteiger partial charge in [0.1, 0.15) is 0 Å². The maximum Gasteiger partial charge on any atom is 0.314 e. The third kappa shape index (κ3) is 17.4. The number of aliphatic carboxylic acids is 1. The van der Waals surface area contributed by atoms with Crippen molar-refractivity contribution in [2.75, 3.05) is 0 Å². The molecule has 0 fully saturated rings. The van der Waals surface area contributed by atoms with Gasteiger partial charge in [-0.2, -0.15) is 0 Å². The number of hydrogen-bond acceptors (Lipinski definition) is 2. The van der Waals surface area contributed by atoms with Crippen LogP contribution in [0.4, 0.5) is 0 Å². The summed E-state index contributed by atoms with van der Waals surface area (Å²) in [6.45, 7) is 11.4. The van der Waals surface area contributed by atoms with Gasteiger partial charge in [-0.05, 0) is 31.8 Å². The standard InChI is InChI=1S/C12H27Si.C4H6O2/c1-4-7-10-13(11-8-5-2)12-9-6-3;1-3(2)4(5)6/h4-12H2,1-3H3;1H2,2H3,(H,5,6)/q+1;/p-1. The Balaban J connectivity index is 0. The lowest BCUT2D eigenvalue weighted by molar-refractivity contribution is -0.299. The van der Waals surface area contributed by atoms with Crippen molar-refractivity contribution in [3.8, 4) is 0 Å². The first-order valence-electron chi connectivity index (χ1n) is 7.69. The predicted octanol–water partition coefficient (Wildman–Crippen LogP) is 4.19. The zero-order valence-corrected chi connectivity index (χ0v) is 14.4. The Morgan fingerprint density at radius 1 is 0.947 bits per heavy atom. The number of carboxylic acid groups (broad SMARTS) is 1. The van der Waals surface area contributed by atoms with E-state index in [1.54, 1.807) is 18.1 Å². The van der Waals surface area contributed by atoms with Gasteiger partial charge in [-0.1, -0.05) is 46.6 Å². The molecule has 0 heterocycles. The largest absolute Gasteiger partial charge is 0.545 e. The van der Waals surface area contributed by atoms with Crippen LogP contribution in [0.1, 0.15) is 66.2 Å². The second-order valence-corrected chi connectivity index (χ2v) is 8.13. The van der Waals surface area contributed by atoms with E-state index >= 15 is 0 Å². The molecule has 0 spiro atoms. The summed E-state index contributed by atoms with van der Waals surface area (Å²) in [7, 11) is 0.0675. The van der Waals surface area contributed by atoms with Crippen molar-refractivity contribution in [2.45, 2.75) is 84.4 Å². The van der Waals surface area contributed by atoms with Crippen LogP contribution < -0.4 is 5.11 Å². The first kappa shape index (κ1) is 20.7. The molecule has 112 valence electrons. The first-order valence-corrected chi connectivity index (χ1v) is 9.82. The van der Waals surface area contributed by atoms with Crippen LogP contribution in [0.15, 0.2) is 12.2 Å². The van der Waals surface area contributed by atoms with Gasteiger partial charge >= 0.3 is 8.80 Å². The molecular weight excluding hydrogens is 252 g/mol. The number of carboxylic acids is 1. The number of carbonyl (C=O) groups is 1. The number of unbranched alkanes of at least 4 members (excludes halogenated alkanes) is 3. The van der Waals surface area contributed by atoms with Crippen LogP contribution in [0, 0.1) is 0 Å². The Labute approximate surface area is 121 Å². The van der Waals surface area contributed by atoms with Crippen molar-refractivity contribution in [1.82, 2.24) is 0 Å². The molecule has 0 aliphatic carbocycles. The van der Waals surface area contributed by atoms with Gasteiger partial charge in [-0.15, -0.1) is 0 Å². The van der Waals surface area contributed by atoms with Gasteiger partial charge in [0.25, 0.3) is 0 Å². The van der Waals surface area contributed by atoms with E-state index in [-0.39, 0.29) is 14.4 Å². The average molecular weight is 285 g/mol. The summed E-state index contributed by atoms with van der Waals surface area (Å²) in [4.78, 5) is 9.49. The van der Waals surface area contributed by atoms with Crippen molar-refractivity contribution >= 4 is 14.8 Å². The monoisotopic (exact) mass is 284 g/mol. The molecule has 2 nitrogen and oxygen atoms in total. The fraction of sp³-hybridized carbons (Fsp3) is 0.812. The molecule has 0 rings (SSSR count). The summed E-state index contributed by atoms with van der Waals surface area (Å²) in [6, 6.07) is 4.75. The predicted molar refractivity (Wildman–Crippen MR) is 84.7 cm³/mol. The van der Waals surface area contributed by atoms with Crippen LogP contribution in [-0.2, 0) is 4.79 Å². The topological polar surface area (TPSA) is 40.1 Å². The highest BCUT2D eigenvalue weighted by Gasteiger charge is 2.23. The summed E-state index contributed by atoms with van der Waals surface area (Å²) in [5, 5.41) is 9.49. The van der Waals surface area contributed by atoms with Gasteiger partial charge in [0.05, 0.1) is 24.1 Å². The van der Waals surface area contributed by atoms with Gasteiger partial charge in [0.15, 0.2) is 0 Å². The summed E-state index contributed by atoms with van der Waals surface area (Å²) in [6.07, 6.45) is 8.65. The molecule has 0 saturated heterocycles. The normalized spacial score (nSPS) is 9.47. The lowest BCUT2D eigenvalue weighted by atomic mass is 10.4. The van der Waals surface area contributed by atoms with E-state index in [9.17, 15) is 9.90 Å². The smallest absolute Gasteiger partial charge is 0.314 e. The van der Waals surface area contributed by atoms with Gasteiger partial charge in [0.2, 0.25) is 0 Å². The Hall–Kier alpha value is -0.573. The van der Waals surface area contributed by atoms with E-state index in [1.165, 1.54) is 45.4 Å². The second-order valence-electron chi connectivity index (χ2n) is 5.13. The Morgan fingerprint density at radius 2 is 1.21 bits per heavy atom. The third-order valence-electron chi connectivity index (χ3n) is 3.00. The number of hydrogen-bond donors (Lipinski definition) is 0. The maximum atomic E-state index is 9.49. The molecule has 0 bridgehead atoms. The van der Waals surface area contributed by atoms with Crippen LogP contribution in [0.2, 0.25) is 18.1 Å². The highest BCUT2D eigenvalue weighted by atomic mass is 28.3. The van der Waals surface area contributed by atoms with Crippen LogP contribution in [0.5, 0.6) is 0 Å². The fourth-order valence-electron chi connectivity index (χ4n) is 1.66. The molecule has 19 heavy (non-hydrogen) atoms. The van der Waals surface area contributed by atoms with Crippen molar-refractivity contribution in [3.63, 3.8) is 0 Å². The molecule has 0 N–H and O–H groups in total. The summed E-state index contributed by atoms with van der Waals surface area (Å²) in [5.74, 6) is -1.19. The highest BCUT2D eigenvalue weighted by Crippen LogP contribution is 2.16. The van der Waals surface area contributed by atoms with E-state index in [1.807, 2.05) is 0 Å². The quantitative estimate of drug-likeness (QED) is 0.446. The second kappa shape index (κ2) is 15.5. The van der Waals surface area contributed by atoms with Crippen LogP contribution in [0.25, 0.3) is 0 Å². The van der Waals surface area contributed by atoms with Gasteiger partial charge in [-0.25, -0.2) is 0 Å². The molecule has 0 aliphatic heterocycles. The SMILES string of the molecule is C=C(C)C(=O)[O-].CCCC[Si+](CCCC)CCCC. The zero-order valence-electron chi connectivity index (χ0n) is 13.4. The van der Waals surface area contributed by atoms with Gasteiger partial charge in [0, 0.05) is 0 Å². The Morgan fingerprint density at radius 3 is 1.37 bits per heavy atom. The lowest BCUT2D eigenvalue weighted by Crippen LogP contribution is -2.22. The Bertz CT molecular complexity index is 196. The van der Waals surface area contributed by atoms with Gasteiger partial charge < -0.3 is 9.90 Å². The van der Waals surface area contributed by atoms with Crippen LogP contribution in [0.3, 0.4) is 0 Å². The molecule has 0 amide bonds. The van der Waals surface area contributed by atoms with Crippen molar-refractivity contribution in [2.24, 2.45) is 0 Å². The van der Waals surface area contributed by atoms with Crippen molar-refractivity contribution in [1.29, 1.82) is 0 Å². The molecule has 0 radical (unpaired) electrons. The van der Waals surface area contributed by atoms with E-state index < -0.39 is 5.97 Å². The van der Waals surface area contributed by atoms with E-state index in [4.69, 9.17) is 0 Å². The first-order chi connectivity index (χ1) is 8.99. The molecule has 0 aromatic rings. The minimum absolute atomic E-state index is 0.0648. The van der Waals surface area contributed by atoms with Gasteiger partial charge in [-0.3, -0.25) is 0 Å². The van der Waals surface area contributed by atoms with Crippen LogP contribution >= 0.6 is 0 Å². The molecule has 0 aromatic carbocycles. The average Bonchev–Trinajstić information content (AvgIpc) is 2.38. The van der Waals surface area contributed by atoms with E-state index in [0.717, 1.165) is 0 Å². The van der Waals surface area contributed by atoms with Crippen molar-refractivity contribution in [3.05, 3.63) is 12.2 Å². The molecular formula is C16H32O2Si. The minimum Gasteiger partial charge on any atom is -0.545 e. The van der Waals surface area contributed by atoms with Crippen molar-refractivity contribution < 1.29 is 9.90 Å². The maximum absolute atomic E-state index is 9.49. The summed E-state index contributed by atoms with van der Waals surface area (Å²) >= 11 is 0. The minimum atomic E-state index is -1.19. The highest BCUT2D eigenvalue weighted by molar-refractivity contribution is 6.58. The van der Waals surface area contributed by atoms with Crippen LogP contribution in [-0.4, -0.2) is 14.8 Å². The number of carbonyl (C=O) groups excluding carboxylic acids is 1. The summed E-state index contributed by atoms with van der Waals surface area (Å²) < 4.78 is 0. The Kier molecular flexibility index (Phi) is 16.9. The molecule has 0 aliphatic rings. The third-order valence-corrected chi connectivity index (χ3v) is 6.18. The van der Waals surface area contributed by atoms with E-state index in [2.05, 4.69) is 27.4 Å². The molecule has 0 aromatic heterocycles. The molecule has 0 saturated carbocycles. The number of rotatable bonds is 10. The lowest BCUT2D eigenvalue weighted by Gasteiger charge is -2.00. The fourth-order valence-corrected chi connectivity index (χ4v) is 4.97. The zero-order chi connectivity index (χ0) is 15.1. The molecule has 0 unspecified atom stereocenters. The van der Waals surface area contributed by atoms with E-state index in [0.29, 0.717) is 0 Å². The molecule has 0 atom stereocenters. The summed E-state index contributed by atoms with van der Waals surface area (Å²) in [5.41, 5.74) is 0.0648.